The van der Waals surface area contributed by atoms with E-state index < -0.39 is 17.9 Å². The van der Waals surface area contributed by atoms with Crippen molar-refractivity contribution in [3.8, 4) is 0 Å². The minimum atomic E-state index is -1.16. The Hall–Kier alpha value is -3.27. The van der Waals surface area contributed by atoms with E-state index in [0.29, 0.717) is 16.2 Å². The Morgan fingerprint density at radius 1 is 1.25 bits per heavy atom. The molecular weight excluding hydrogens is 318 g/mol. The normalized spacial score (nSPS) is 13.3. The average molecular weight is 331 g/mol. The van der Waals surface area contributed by atoms with Gasteiger partial charge in [0.2, 0.25) is 0 Å². The van der Waals surface area contributed by atoms with Crippen LogP contribution in [-0.4, -0.2) is 56.7 Å². The molecule has 1 aromatic carbocycles. The van der Waals surface area contributed by atoms with Crippen LogP contribution in [0.15, 0.2) is 30.5 Å². The van der Waals surface area contributed by atoms with Crippen LogP contribution >= 0.6 is 0 Å². The molecule has 3 amide bonds. The van der Waals surface area contributed by atoms with E-state index in [-0.39, 0.29) is 19.0 Å². The molecule has 1 aromatic heterocycles. The Morgan fingerprint density at radius 2 is 1.88 bits per heavy atom. The van der Waals surface area contributed by atoms with Crippen LogP contribution in [0.3, 0.4) is 0 Å². The average Bonchev–Trinajstić information content (AvgIpc) is 3.13. The molecule has 2 aromatic rings. The van der Waals surface area contributed by atoms with Crippen molar-refractivity contribution in [2.24, 2.45) is 0 Å². The highest BCUT2D eigenvalue weighted by molar-refractivity contribution is 6.20. The van der Waals surface area contributed by atoms with Crippen LogP contribution < -0.4 is 4.90 Å². The van der Waals surface area contributed by atoms with Crippen LogP contribution in [0.25, 0.3) is 0 Å². The van der Waals surface area contributed by atoms with Crippen LogP contribution in [0.5, 0.6) is 0 Å². The van der Waals surface area contributed by atoms with Crippen molar-refractivity contribution in [3.05, 3.63) is 41.6 Å². The summed E-state index contributed by atoms with van der Waals surface area (Å²) in [4.78, 5) is 41.2. The molecular formula is C14H13N5O5. The molecule has 2 heterocycles. The van der Waals surface area contributed by atoms with E-state index in [1.54, 1.807) is 24.3 Å². The van der Waals surface area contributed by atoms with E-state index in [0.717, 1.165) is 4.90 Å². The molecule has 0 spiro atoms. The first-order valence-corrected chi connectivity index (χ1v) is 6.96. The number of aromatic nitrogens is 3. The topological polar surface area (TPSA) is 118 Å². The Morgan fingerprint density at radius 3 is 2.46 bits per heavy atom. The van der Waals surface area contributed by atoms with Gasteiger partial charge in [0.1, 0.15) is 0 Å². The number of fused-ring (bicyclic) bond motifs is 1. The zero-order valence-corrected chi connectivity index (χ0v) is 12.6. The number of rotatable bonds is 5. The molecule has 0 bridgehead atoms. The lowest BCUT2D eigenvalue weighted by Crippen LogP contribution is -2.31. The SMILES string of the molecule is CN(C(=O)O)c1cn(CCON2C(=O)c3ccccc3C2=O)nn1. The lowest BCUT2D eigenvalue weighted by atomic mass is 10.1. The first-order valence-electron chi connectivity index (χ1n) is 6.96. The highest BCUT2D eigenvalue weighted by atomic mass is 16.7. The highest BCUT2D eigenvalue weighted by Crippen LogP contribution is 2.22. The van der Waals surface area contributed by atoms with E-state index in [9.17, 15) is 14.4 Å². The molecule has 124 valence electrons. The lowest BCUT2D eigenvalue weighted by molar-refractivity contribution is -0.0941. The highest BCUT2D eigenvalue weighted by Gasteiger charge is 2.36. The molecule has 3 rings (SSSR count). The van der Waals surface area contributed by atoms with Crippen LogP contribution in [0.1, 0.15) is 20.7 Å². The first-order chi connectivity index (χ1) is 11.5. The number of hydroxylamine groups is 2. The van der Waals surface area contributed by atoms with E-state index in [1.807, 2.05) is 0 Å². The second kappa shape index (κ2) is 6.08. The molecule has 0 atom stereocenters. The van der Waals surface area contributed by atoms with Gasteiger partial charge in [-0.3, -0.25) is 19.3 Å². The largest absolute Gasteiger partial charge is 0.465 e. The summed E-state index contributed by atoms with van der Waals surface area (Å²) < 4.78 is 1.35. The summed E-state index contributed by atoms with van der Waals surface area (Å²) in [6, 6.07) is 6.46. The zero-order valence-electron chi connectivity index (χ0n) is 12.6. The predicted molar refractivity (Wildman–Crippen MR) is 79.3 cm³/mol. The molecule has 0 saturated heterocycles. The molecule has 24 heavy (non-hydrogen) atoms. The van der Waals surface area contributed by atoms with Crippen LogP contribution in [0.4, 0.5) is 10.6 Å². The number of anilines is 1. The molecule has 1 aliphatic rings. The number of benzene rings is 1. The van der Waals surface area contributed by atoms with E-state index in [2.05, 4.69) is 10.3 Å². The molecule has 0 fully saturated rings. The van der Waals surface area contributed by atoms with Crippen LogP contribution in [-0.2, 0) is 11.4 Å². The van der Waals surface area contributed by atoms with E-state index in [1.165, 1.54) is 17.9 Å². The number of hydrogen-bond donors (Lipinski definition) is 1. The predicted octanol–water partition coefficient (Wildman–Crippen LogP) is 0.620. The second-order valence-electron chi connectivity index (χ2n) is 4.96. The number of carboxylic acid groups (broad SMARTS) is 1. The Balaban J connectivity index is 1.59. The third kappa shape index (κ3) is 2.70. The summed E-state index contributed by atoms with van der Waals surface area (Å²) in [5.41, 5.74) is 0.599. The molecule has 10 heteroatoms. The second-order valence-corrected chi connectivity index (χ2v) is 4.96. The van der Waals surface area contributed by atoms with Gasteiger partial charge in [-0.1, -0.05) is 17.3 Å². The summed E-state index contributed by atoms with van der Waals surface area (Å²) in [5.74, 6) is -0.871. The Kier molecular flexibility index (Phi) is 3.96. The van der Waals surface area contributed by atoms with Gasteiger partial charge in [-0.05, 0) is 12.1 Å². The Bertz CT molecular complexity index is 782. The number of hydrogen-bond acceptors (Lipinski definition) is 6. The summed E-state index contributed by atoms with van der Waals surface area (Å²) in [6.07, 6.45) is 0.254. The molecule has 0 radical (unpaired) electrons. The third-order valence-electron chi connectivity index (χ3n) is 3.45. The van der Waals surface area contributed by atoms with Crippen molar-refractivity contribution < 1.29 is 24.3 Å². The summed E-state index contributed by atoms with van der Waals surface area (Å²) in [6.45, 7) is 0.179. The Labute approximate surface area is 135 Å². The number of carbonyl (C=O) groups is 3. The van der Waals surface area contributed by atoms with Crippen molar-refractivity contribution >= 4 is 23.7 Å². The van der Waals surface area contributed by atoms with Gasteiger partial charge in [0.15, 0.2) is 5.82 Å². The quantitative estimate of drug-likeness (QED) is 0.798. The fourth-order valence-electron chi connectivity index (χ4n) is 2.16. The summed E-state index contributed by atoms with van der Waals surface area (Å²) in [5, 5.41) is 17.0. The first kappa shape index (κ1) is 15.6. The van der Waals surface area contributed by atoms with E-state index in [4.69, 9.17) is 9.94 Å². The monoisotopic (exact) mass is 331 g/mol. The maximum absolute atomic E-state index is 12.1. The summed E-state index contributed by atoms with van der Waals surface area (Å²) >= 11 is 0. The minimum absolute atomic E-state index is 0.00887. The van der Waals surface area contributed by atoms with Crippen molar-refractivity contribution in [2.45, 2.75) is 6.54 Å². The minimum Gasteiger partial charge on any atom is -0.465 e. The number of imide groups is 1. The molecule has 0 saturated carbocycles. The maximum Gasteiger partial charge on any atom is 0.412 e. The van der Waals surface area contributed by atoms with Crippen LogP contribution in [0, 0.1) is 0 Å². The van der Waals surface area contributed by atoms with Gasteiger partial charge in [-0.25, -0.2) is 9.48 Å². The molecule has 10 nitrogen and oxygen atoms in total. The smallest absolute Gasteiger partial charge is 0.412 e. The molecule has 0 aliphatic carbocycles. The van der Waals surface area contributed by atoms with Gasteiger partial charge < -0.3 is 5.11 Å². The fraction of sp³-hybridized carbons (Fsp3) is 0.214. The third-order valence-corrected chi connectivity index (χ3v) is 3.45. The molecule has 1 aliphatic heterocycles. The van der Waals surface area contributed by atoms with Crippen molar-refractivity contribution in [1.29, 1.82) is 0 Å². The number of nitrogens with zero attached hydrogens (tertiary/aromatic N) is 5. The number of amides is 3. The van der Waals surface area contributed by atoms with E-state index >= 15 is 0 Å². The van der Waals surface area contributed by atoms with Gasteiger partial charge in [0.05, 0.1) is 30.5 Å². The van der Waals surface area contributed by atoms with Gasteiger partial charge >= 0.3 is 6.09 Å². The lowest BCUT2D eigenvalue weighted by Gasteiger charge is -2.13. The standard InChI is InChI=1S/C14H13N5O5/c1-17(14(22)23)11-8-18(16-15-11)6-7-24-19-12(20)9-4-2-3-5-10(9)13(19)21/h2-5,8H,6-7H2,1H3,(H,22,23). The fourth-order valence-corrected chi connectivity index (χ4v) is 2.16. The molecule has 1 N–H and O–H groups in total. The zero-order chi connectivity index (χ0) is 17.3. The number of carbonyl (C=O) groups excluding carboxylic acids is 2. The van der Waals surface area contributed by atoms with Crippen molar-refractivity contribution in [3.63, 3.8) is 0 Å². The van der Waals surface area contributed by atoms with Crippen molar-refractivity contribution in [2.75, 3.05) is 18.6 Å². The van der Waals surface area contributed by atoms with Gasteiger partial charge in [0, 0.05) is 7.05 Å². The van der Waals surface area contributed by atoms with Gasteiger partial charge in [-0.2, -0.15) is 0 Å². The van der Waals surface area contributed by atoms with Crippen molar-refractivity contribution in [1.82, 2.24) is 20.1 Å². The summed E-state index contributed by atoms with van der Waals surface area (Å²) in [7, 11) is 1.34. The van der Waals surface area contributed by atoms with Gasteiger partial charge in [0.25, 0.3) is 11.8 Å². The molecule has 0 unspecified atom stereocenters. The van der Waals surface area contributed by atoms with Crippen LogP contribution in [0.2, 0.25) is 0 Å². The van der Waals surface area contributed by atoms with Gasteiger partial charge in [-0.15, -0.1) is 10.2 Å². The maximum atomic E-state index is 12.1.